The Bertz CT molecular complexity index is 688. The number of hydrogen-bond donors (Lipinski definition) is 0. The van der Waals surface area contributed by atoms with Gasteiger partial charge in [-0.05, 0) is 41.6 Å². The predicted molar refractivity (Wildman–Crippen MR) is 122 cm³/mol. The first-order valence-corrected chi connectivity index (χ1v) is 12.1. The van der Waals surface area contributed by atoms with Gasteiger partial charge in [0.1, 0.15) is 0 Å². The Morgan fingerprint density at radius 2 is 2.00 bits per heavy atom. The van der Waals surface area contributed by atoms with Crippen molar-refractivity contribution in [3.8, 4) is 0 Å². The molecule has 0 amide bonds. The summed E-state index contributed by atoms with van der Waals surface area (Å²) < 4.78 is 2.48. The van der Waals surface area contributed by atoms with Crippen molar-refractivity contribution < 1.29 is 0 Å². The first kappa shape index (κ1) is 20.9. The maximum Gasteiger partial charge on any atom is 0.0946 e. The third-order valence-corrected chi connectivity index (χ3v) is 8.73. The second kappa shape index (κ2) is 9.09. The molecule has 0 saturated carbocycles. The molecule has 0 aliphatic carbocycles. The van der Waals surface area contributed by atoms with E-state index in [1.54, 1.807) is 0 Å². The lowest BCUT2D eigenvalue weighted by Gasteiger charge is -2.40. The van der Waals surface area contributed by atoms with Crippen molar-refractivity contribution >= 4 is 23.5 Å². The van der Waals surface area contributed by atoms with Gasteiger partial charge in [-0.1, -0.05) is 64.8 Å². The zero-order valence-corrected chi connectivity index (χ0v) is 18.9. The molecule has 1 saturated heterocycles. The number of thioether (sulfide) groups is 2. The van der Waals surface area contributed by atoms with Crippen molar-refractivity contribution in [2.24, 2.45) is 0 Å². The Morgan fingerprint density at radius 1 is 1.22 bits per heavy atom. The molecule has 1 aliphatic heterocycles. The van der Waals surface area contributed by atoms with Crippen LogP contribution in [0.5, 0.6) is 0 Å². The minimum Gasteiger partial charge on any atom is -0.335 e. The van der Waals surface area contributed by atoms with E-state index in [4.69, 9.17) is 0 Å². The minimum absolute atomic E-state index is 0.209. The van der Waals surface area contributed by atoms with Crippen LogP contribution in [0.2, 0.25) is 0 Å². The van der Waals surface area contributed by atoms with Crippen LogP contribution in [0.25, 0.3) is 0 Å². The number of hydrogen-bond acceptors (Lipinski definition) is 3. The Kier molecular flexibility index (Phi) is 7.02. The van der Waals surface area contributed by atoms with Crippen molar-refractivity contribution in [1.29, 1.82) is 0 Å². The quantitative estimate of drug-likeness (QED) is 0.523. The van der Waals surface area contributed by atoms with Gasteiger partial charge in [0.2, 0.25) is 0 Å². The van der Waals surface area contributed by atoms with E-state index < -0.39 is 0 Å². The fourth-order valence-electron chi connectivity index (χ4n) is 3.73. The molecule has 4 heteroatoms. The van der Waals surface area contributed by atoms with Crippen LogP contribution in [0.15, 0.2) is 43.0 Å². The van der Waals surface area contributed by atoms with Crippen LogP contribution >= 0.6 is 23.5 Å². The third-order valence-electron chi connectivity index (χ3n) is 5.34. The molecule has 2 nitrogen and oxygen atoms in total. The van der Waals surface area contributed by atoms with E-state index in [0.717, 1.165) is 18.2 Å². The number of rotatable bonds is 7. The molecule has 2 atom stereocenters. The van der Waals surface area contributed by atoms with Crippen LogP contribution in [0.1, 0.15) is 64.5 Å². The Labute approximate surface area is 173 Å². The lowest BCUT2D eigenvalue weighted by Crippen LogP contribution is -2.36. The van der Waals surface area contributed by atoms with E-state index in [2.05, 4.69) is 91.2 Å². The van der Waals surface area contributed by atoms with Crippen LogP contribution in [0.4, 0.5) is 0 Å². The molecule has 0 radical (unpaired) electrons. The lowest BCUT2D eigenvalue weighted by atomic mass is 9.86. The highest BCUT2D eigenvalue weighted by Crippen LogP contribution is 2.50. The summed E-state index contributed by atoms with van der Waals surface area (Å²) in [5.74, 6) is 1.27. The molecule has 1 aromatic carbocycles. The van der Waals surface area contributed by atoms with Gasteiger partial charge in [-0.25, -0.2) is 4.98 Å². The first-order chi connectivity index (χ1) is 12.9. The standard InChI is InChI=1S/C23H34N2S2/c1-5-6-7-21-12-15-26-23(27-21,17-25-14-13-24-18-25)16-19-8-10-20(11-9-19)22(2,3)4/h8-11,13-14,18,21H,5-7,12,15-17H2,1-4H3. The molecule has 0 bridgehead atoms. The van der Waals surface area contributed by atoms with Crippen LogP contribution in [0, 0.1) is 0 Å². The molecule has 2 unspecified atom stereocenters. The molecular formula is C23H34N2S2. The molecule has 1 aliphatic rings. The van der Waals surface area contributed by atoms with Crippen molar-refractivity contribution in [3.63, 3.8) is 0 Å². The summed E-state index contributed by atoms with van der Waals surface area (Å²) in [4.78, 5) is 4.28. The van der Waals surface area contributed by atoms with Gasteiger partial charge in [-0.15, -0.1) is 23.5 Å². The van der Waals surface area contributed by atoms with Gasteiger partial charge in [0.15, 0.2) is 0 Å². The van der Waals surface area contributed by atoms with Gasteiger partial charge in [-0.2, -0.15) is 0 Å². The average Bonchev–Trinajstić information content (AvgIpc) is 3.12. The second-order valence-corrected chi connectivity index (χ2v) is 12.2. The van der Waals surface area contributed by atoms with E-state index in [0.29, 0.717) is 0 Å². The van der Waals surface area contributed by atoms with Crippen molar-refractivity contribution in [3.05, 3.63) is 54.1 Å². The Morgan fingerprint density at radius 3 is 2.63 bits per heavy atom. The van der Waals surface area contributed by atoms with Crippen molar-refractivity contribution in [2.45, 2.75) is 81.1 Å². The SMILES string of the molecule is CCCCC1CCSC(Cc2ccc(C(C)(C)C)cc2)(Cn2ccnc2)S1. The molecule has 0 N–H and O–H groups in total. The molecule has 3 rings (SSSR count). The fourth-order valence-corrected chi connectivity index (χ4v) is 7.70. The highest BCUT2D eigenvalue weighted by atomic mass is 32.2. The number of unbranched alkanes of at least 4 members (excludes halogenated alkanes) is 1. The number of imidazole rings is 1. The topological polar surface area (TPSA) is 17.8 Å². The minimum atomic E-state index is 0.209. The summed E-state index contributed by atoms with van der Waals surface area (Å²) in [6.45, 7) is 10.2. The van der Waals surface area contributed by atoms with Gasteiger partial charge in [-0.3, -0.25) is 0 Å². The van der Waals surface area contributed by atoms with E-state index in [1.165, 1.54) is 42.6 Å². The maximum atomic E-state index is 4.28. The zero-order valence-electron chi connectivity index (χ0n) is 17.3. The molecular weight excluding hydrogens is 368 g/mol. The van der Waals surface area contributed by atoms with E-state index in [9.17, 15) is 0 Å². The Balaban J connectivity index is 1.79. The summed E-state index contributed by atoms with van der Waals surface area (Å²) in [7, 11) is 0. The van der Waals surface area contributed by atoms with Crippen LogP contribution in [0.3, 0.4) is 0 Å². The molecule has 148 valence electrons. The Hall–Kier alpha value is -0.870. The third kappa shape index (κ3) is 5.80. The highest BCUT2D eigenvalue weighted by Gasteiger charge is 2.38. The summed E-state index contributed by atoms with van der Waals surface area (Å²) in [6.07, 6.45) is 12.5. The van der Waals surface area contributed by atoms with E-state index in [1.807, 2.05) is 12.5 Å². The molecule has 0 spiro atoms. The molecule has 1 fully saturated rings. The lowest BCUT2D eigenvalue weighted by molar-refractivity contribution is 0.587. The fraction of sp³-hybridized carbons (Fsp3) is 0.609. The second-order valence-electron chi connectivity index (χ2n) is 8.79. The van der Waals surface area contributed by atoms with Gasteiger partial charge < -0.3 is 4.57 Å². The zero-order chi connectivity index (χ0) is 19.3. The molecule has 2 aromatic rings. The number of benzene rings is 1. The molecule has 2 heterocycles. The van der Waals surface area contributed by atoms with E-state index in [-0.39, 0.29) is 9.49 Å². The summed E-state index contributed by atoms with van der Waals surface area (Å²) >= 11 is 4.40. The molecule has 1 aromatic heterocycles. The van der Waals surface area contributed by atoms with E-state index >= 15 is 0 Å². The van der Waals surface area contributed by atoms with Gasteiger partial charge >= 0.3 is 0 Å². The van der Waals surface area contributed by atoms with Gasteiger partial charge in [0.25, 0.3) is 0 Å². The highest BCUT2D eigenvalue weighted by molar-refractivity contribution is 8.19. The number of aromatic nitrogens is 2. The van der Waals surface area contributed by atoms with Crippen molar-refractivity contribution in [2.75, 3.05) is 5.75 Å². The summed E-state index contributed by atoms with van der Waals surface area (Å²) in [5.41, 5.74) is 3.09. The largest absolute Gasteiger partial charge is 0.335 e. The first-order valence-electron chi connectivity index (χ1n) is 10.3. The average molecular weight is 403 g/mol. The maximum absolute atomic E-state index is 4.28. The smallest absolute Gasteiger partial charge is 0.0946 e. The van der Waals surface area contributed by atoms with Gasteiger partial charge in [0, 0.05) is 24.2 Å². The van der Waals surface area contributed by atoms with Crippen LogP contribution in [-0.4, -0.2) is 24.6 Å². The van der Waals surface area contributed by atoms with Crippen LogP contribution < -0.4 is 0 Å². The monoisotopic (exact) mass is 402 g/mol. The predicted octanol–water partition coefficient (Wildman–Crippen LogP) is 6.55. The normalized spacial score (nSPS) is 23.5. The van der Waals surface area contributed by atoms with Gasteiger partial charge in [0.05, 0.1) is 10.4 Å². The van der Waals surface area contributed by atoms with Crippen LogP contribution in [-0.2, 0) is 18.4 Å². The summed E-state index contributed by atoms with van der Waals surface area (Å²) in [5, 5.41) is 0.795. The molecule has 27 heavy (non-hydrogen) atoms. The summed E-state index contributed by atoms with van der Waals surface area (Å²) in [6, 6.07) is 9.36. The number of nitrogens with zero attached hydrogens (tertiary/aromatic N) is 2. The van der Waals surface area contributed by atoms with Crippen molar-refractivity contribution in [1.82, 2.24) is 9.55 Å².